The van der Waals surface area contributed by atoms with Gasteiger partial charge in [0.2, 0.25) is 0 Å². The van der Waals surface area contributed by atoms with E-state index < -0.39 is 5.97 Å². The Balaban J connectivity index is 2.30. The van der Waals surface area contributed by atoms with Crippen LogP contribution < -0.4 is 5.32 Å². The van der Waals surface area contributed by atoms with E-state index in [0.29, 0.717) is 17.6 Å². The number of carbonyl (C=O) groups excluding carboxylic acids is 2. The second kappa shape index (κ2) is 7.74. The van der Waals surface area contributed by atoms with Crippen LogP contribution in [0.15, 0.2) is 18.3 Å². The molecule has 19 heavy (non-hydrogen) atoms. The van der Waals surface area contributed by atoms with Crippen molar-refractivity contribution in [2.24, 2.45) is 5.92 Å². The molecule has 0 spiro atoms. The Morgan fingerprint density at radius 3 is 2.74 bits per heavy atom. The predicted octanol–water partition coefficient (Wildman–Crippen LogP) is 2.05. The highest BCUT2D eigenvalue weighted by Gasteiger charge is 2.10. The Hall–Kier alpha value is -1.62. The van der Waals surface area contributed by atoms with E-state index in [0.717, 1.165) is 6.42 Å². The molecule has 0 saturated carbocycles. The molecule has 1 rings (SSSR count). The fourth-order valence-corrected chi connectivity index (χ4v) is 1.37. The molecule has 0 aliphatic rings. The zero-order valence-electron chi connectivity index (χ0n) is 11.0. The maximum atomic E-state index is 11.6. The molecule has 1 amide bonds. The minimum atomic E-state index is -0.594. The second-order valence-corrected chi connectivity index (χ2v) is 4.87. The van der Waals surface area contributed by atoms with Crippen LogP contribution in [0.25, 0.3) is 0 Å². The number of rotatable bonds is 6. The van der Waals surface area contributed by atoms with Crippen molar-refractivity contribution in [2.45, 2.75) is 20.3 Å². The van der Waals surface area contributed by atoms with Crippen LogP contribution in [0.2, 0.25) is 5.15 Å². The average molecular weight is 285 g/mol. The van der Waals surface area contributed by atoms with Gasteiger partial charge in [0.1, 0.15) is 5.15 Å². The Kier molecular flexibility index (Phi) is 6.29. The summed E-state index contributed by atoms with van der Waals surface area (Å²) < 4.78 is 4.85. The van der Waals surface area contributed by atoms with Crippen molar-refractivity contribution >= 4 is 23.5 Å². The maximum absolute atomic E-state index is 11.6. The van der Waals surface area contributed by atoms with Gasteiger partial charge in [-0.25, -0.2) is 9.78 Å². The van der Waals surface area contributed by atoms with Gasteiger partial charge in [0.15, 0.2) is 6.61 Å². The highest BCUT2D eigenvalue weighted by molar-refractivity contribution is 6.29. The van der Waals surface area contributed by atoms with E-state index in [4.69, 9.17) is 16.3 Å². The van der Waals surface area contributed by atoms with Crippen LogP contribution in [-0.2, 0) is 9.53 Å². The van der Waals surface area contributed by atoms with Crippen molar-refractivity contribution in [1.29, 1.82) is 0 Å². The third-order valence-electron chi connectivity index (χ3n) is 2.34. The number of amides is 1. The third-order valence-corrected chi connectivity index (χ3v) is 2.56. The average Bonchev–Trinajstić information content (AvgIpc) is 2.36. The quantitative estimate of drug-likeness (QED) is 0.641. The number of halogens is 1. The van der Waals surface area contributed by atoms with E-state index in [-0.39, 0.29) is 18.1 Å². The van der Waals surface area contributed by atoms with Gasteiger partial charge in [0, 0.05) is 12.7 Å². The summed E-state index contributed by atoms with van der Waals surface area (Å²) in [6.45, 7) is 4.43. The summed E-state index contributed by atoms with van der Waals surface area (Å²) in [5.41, 5.74) is 0.263. The predicted molar refractivity (Wildman–Crippen MR) is 72.0 cm³/mol. The standard InChI is InChI=1S/C13H17ClN2O3/c1-9(2)5-6-15-12(17)8-19-13(18)10-3-4-11(14)16-7-10/h3-4,7,9H,5-6,8H2,1-2H3,(H,15,17). The molecule has 0 fully saturated rings. The summed E-state index contributed by atoms with van der Waals surface area (Å²) >= 11 is 5.60. The fourth-order valence-electron chi connectivity index (χ4n) is 1.26. The molecule has 0 saturated heterocycles. The molecule has 0 aliphatic carbocycles. The molecular formula is C13H17ClN2O3. The number of aromatic nitrogens is 1. The van der Waals surface area contributed by atoms with Crippen molar-refractivity contribution in [3.05, 3.63) is 29.0 Å². The maximum Gasteiger partial charge on any atom is 0.340 e. The lowest BCUT2D eigenvalue weighted by molar-refractivity contribution is -0.124. The van der Waals surface area contributed by atoms with Crippen molar-refractivity contribution < 1.29 is 14.3 Å². The number of hydrogen-bond donors (Lipinski definition) is 1. The summed E-state index contributed by atoms with van der Waals surface area (Å²) in [5, 5.41) is 2.97. The Morgan fingerprint density at radius 2 is 2.16 bits per heavy atom. The SMILES string of the molecule is CC(C)CCNC(=O)COC(=O)c1ccc(Cl)nc1. The van der Waals surface area contributed by atoms with Gasteiger partial charge in [-0.15, -0.1) is 0 Å². The number of ether oxygens (including phenoxy) is 1. The number of esters is 1. The number of pyridine rings is 1. The van der Waals surface area contributed by atoms with Gasteiger partial charge in [0.25, 0.3) is 5.91 Å². The van der Waals surface area contributed by atoms with Crippen molar-refractivity contribution in [1.82, 2.24) is 10.3 Å². The Morgan fingerprint density at radius 1 is 1.42 bits per heavy atom. The molecule has 0 unspecified atom stereocenters. The smallest absolute Gasteiger partial charge is 0.340 e. The molecule has 0 radical (unpaired) electrons. The normalized spacial score (nSPS) is 10.3. The van der Waals surface area contributed by atoms with Gasteiger partial charge in [-0.2, -0.15) is 0 Å². The summed E-state index contributed by atoms with van der Waals surface area (Å²) in [5.74, 6) is -0.387. The van der Waals surface area contributed by atoms with Gasteiger partial charge in [-0.3, -0.25) is 4.79 Å². The third kappa shape index (κ3) is 6.20. The zero-order valence-corrected chi connectivity index (χ0v) is 11.7. The lowest BCUT2D eigenvalue weighted by atomic mass is 10.1. The summed E-state index contributed by atoms with van der Waals surface area (Å²) in [4.78, 5) is 26.7. The highest BCUT2D eigenvalue weighted by atomic mass is 35.5. The van der Waals surface area contributed by atoms with Crippen LogP contribution in [-0.4, -0.2) is 30.0 Å². The fraction of sp³-hybridized carbons (Fsp3) is 0.462. The molecule has 0 aliphatic heterocycles. The molecule has 1 aromatic rings. The highest BCUT2D eigenvalue weighted by Crippen LogP contribution is 2.06. The van der Waals surface area contributed by atoms with Gasteiger partial charge in [-0.05, 0) is 24.5 Å². The number of hydrogen-bond acceptors (Lipinski definition) is 4. The van der Waals surface area contributed by atoms with E-state index in [1.807, 2.05) is 0 Å². The van der Waals surface area contributed by atoms with Crippen LogP contribution in [0.5, 0.6) is 0 Å². The molecule has 1 N–H and O–H groups in total. The molecular weight excluding hydrogens is 268 g/mol. The van der Waals surface area contributed by atoms with E-state index in [9.17, 15) is 9.59 Å². The molecule has 5 nitrogen and oxygen atoms in total. The first kappa shape index (κ1) is 15.4. The number of nitrogens with one attached hydrogen (secondary N) is 1. The van der Waals surface area contributed by atoms with Crippen molar-refractivity contribution in [3.8, 4) is 0 Å². The Bertz CT molecular complexity index is 432. The lowest BCUT2D eigenvalue weighted by Crippen LogP contribution is -2.30. The minimum Gasteiger partial charge on any atom is -0.452 e. The van der Waals surface area contributed by atoms with E-state index >= 15 is 0 Å². The van der Waals surface area contributed by atoms with E-state index in [1.165, 1.54) is 18.3 Å². The molecule has 0 bridgehead atoms. The lowest BCUT2D eigenvalue weighted by Gasteiger charge is -2.07. The zero-order chi connectivity index (χ0) is 14.3. The first-order chi connectivity index (χ1) is 8.99. The van der Waals surface area contributed by atoms with Gasteiger partial charge in [0.05, 0.1) is 5.56 Å². The monoisotopic (exact) mass is 284 g/mol. The van der Waals surface area contributed by atoms with Crippen LogP contribution in [0, 0.1) is 5.92 Å². The number of carbonyl (C=O) groups is 2. The molecule has 0 aromatic carbocycles. The molecule has 104 valence electrons. The van der Waals surface area contributed by atoms with Gasteiger partial charge in [-0.1, -0.05) is 25.4 Å². The van der Waals surface area contributed by atoms with Crippen LogP contribution in [0.4, 0.5) is 0 Å². The van der Waals surface area contributed by atoms with E-state index in [2.05, 4.69) is 24.1 Å². The van der Waals surface area contributed by atoms with Crippen molar-refractivity contribution in [3.63, 3.8) is 0 Å². The second-order valence-electron chi connectivity index (χ2n) is 4.48. The van der Waals surface area contributed by atoms with Crippen LogP contribution in [0.3, 0.4) is 0 Å². The summed E-state index contributed by atoms with van der Waals surface area (Å²) in [7, 11) is 0. The van der Waals surface area contributed by atoms with E-state index in [1.54, 1.807) is 0 Å². The first-order valence-corrected chi connectivity index (χ1v) is 6.42. The summed E-state index contributed by atoms with van der Waals surface area (Å²) in [6.07, 6.45) is 2.20. The Labute approximate surface area is 117 Å². The summed E-state index contributed by atoms with van der Waals surface area (Å²) in [6, 6.07) is 2.98. The van der Waals surface area contributed by atoms with Crippen LogP contribution >= 0.6 is 11.6 Å². The number of nitrogens with zero attached hydrogens (tertiary/aromatic N) is 1. The molecule has 6 heteroatoms. The van der Waals surface area contributed by atoms with Gasteiger partial charge >= 0.3 is 5.97 Å². The first-order valence-electron chi connectivity index (χ1n) is 6.04. The minimum absolute atomic E-state index is 0.263. The van der Waals surface area contributed by atoms with Gasteiger partial charge < -0.3 is 10.1 Å². The molecule has 0 atom stereocenters. The largest absolute Gasteiger partial charge is 0.452 e. The molecule has 1 aromatic heterocycles. The molecule has 1 heterocycles. The van der Waals surface area contributed by atoms with Crippen molar-refractivity contribution in [2.75, 3.05) is 13.2 Å². The van der Waals surface area contributed by atoms with Crippen LogP contribution in [0.1, 0.15) is 30.6 Å². The topological polar surface area (TPSA) is 68.3 Å².